The highest BCUT2D eigenvalue weighted by Gasteiger charge is 2.41. The van der Waals surface area contributed by atoms with Crippen LogP contribution in [0.25, 0.3) is 0 Å². The first kappa shape index (κ1) is 23.2. The van der Waals surface area contributed by atoms with E-state index in [1.807, 2.05) is 24.3 Å². The normalized spacial score (nSPS) is 19.9. The number of hydrogen-bond acceptors (Lipinski definition) is 7. The van der Waals surface area contributed by atoms with Crippen LogP contribution in [0.5, 0.6) is 5.75 Å². The van der Waals surface area contributed by atoms with E-state index in [1.54, 1.807) is 33.1 Å². The molecule has 2 aromatic rings. The van der Waals surface area contributed by atoms with E-state index in [4.69, 9.17) is 9.47 Å². The Morgan fingerprint density at radius 1 is 1.15 bits per heavy atom. The zero-order valence-corrected chi connectivity index (χ0v) is 19.3. The van der Waals surface area contributed by atoms with E-state index in [-0.39, 0.29) is 30.4 Å². The Morgan fingerprint density at radius 2 is 1.88 bits per heavy atom. The van der Waals surface area contributed by atoms with Gasteiger partial charge in [0.25, 0.3) is 5.69 Å². The molecule has 1 aliphatic carbocycles. The van der Waals surface area contributed by atoms with Crippen LogP contribution < -0.4 is 10.1 Å². The van der Waals surface area contributed by atoms with Crippen molar-refractivity contribution < 1.29 is 24.0 Å². The van der Waals surface area contributed by atoms with Crippen molar-refractivity contribution in [1.29, 1.82) is 0 Å². The summed E-state index contributed by atoms with van der Waals surface area (Å²) in [5.74, 6) is -0.668. The van der Waals surface area contributed by atoms with Crippen LogP contribution in [0.15, 0.2) is 71.1 Å². The Kier molecular flexibility index (Phi) is 6.49. The number of nitro groups is 1. The lowest BCUT2D eigenvalue weighted by Gasteiger charge is -2.36. The molecule has 0 saturated heterocycles. The van der Waals surface area contributed by atoms with Crippen molar-refractivity contribution in [3.63, 3.8) is 0 Å². The number of ether oxygens (including phenoxy) is 2. The van der Waals surface area contributed by atoms with Gasteiger partial charge in [0, 0.05) is 41.4 Å². The molecule has 8 heteroatoms. The molecule has 2 atom stereocenters. The number of methoxy groups -OCH3 is 1. The van der Waals surface area contributed by atoms with Gasteiger partial charge in [-0.15, -0.1) is 0 Å². The maximum absolute atomic E-state index is 13.5. The largest absolute Gasteiger partial charge is 0.497 e. The lowest BCUT2D eigenvalue weighted by molar-refractivity contribution is -0.384. The van der Waals surface area contributed by atoms with Crippen molar-refractivity contribution in [2.24, 2.45) is 0 Å². The first-order valence-corrected chi connectivity index (χ1v) is 11.1. The predicted molar refractivity (Wildman–Crippen MR) is 125 cm³/mol. The maximum Gasteiger partial charge on any atom is 0.336 e. The second-order valence-corrected chi connectivity index (χ2v) is 8.36. The number of dihydropyridines is 1. The van der Waals surface area contributed by atoms with Crippen LogP contribution in [0.3, 0.4) is 0 Å². The molecule has 1 N–H and O–H groups in total. The number of hydrogen-bond donors (Lipinski definition) is 1. The summed E-state index contributed by atoms with van der Waals surface area (Å²) in [4.78, 5) is 37.4. The van der Waals surface area contributed by atoms with Crippen LogP contribution in [0, 0.1) is 10.1 Å². The fourth-order valence-electron chi connectivity index (χ4n) is 4.78. The number of rotatable bonds is 6. The molecule has 4 rings (SSSR count). The first-order valence-electron chi connectivity index (χ1n) is 11.1. The molecule has 0 radical (unpaired) electrons. The maximum atomic E-state index is 13.5. The van der Waals surface area contributed by atoms with Gasteiger partial charge in [-0.1, -0.05) is 24.3 Å². The quantitative estimate of drug-likeness (QED) is 0.382. The second-order valence-electron chi connectivity index (χ2n) is 8.36. The highest BCUT2D eigenvalue weighted by molar-refractivity contribution is 6.04. The van der Waals surface area contributed by atoms with Crippen LogP contribution in [0.2, 0.25) is 0 Å². The fourth-order valence-corrected chi connectivity index (χ4v) is 4.78. The van der Waals surface area contributed by atoms with Gasteiger partial charge in [-0.2, -0.15) is 0 Å². The number of nitro benzene ring substituents is 1. The number of carbonyl (C=O) groups is 2. The van der Waals surface area contributed by atoms with Crippen LogP contribution in [0.1, 0.15) is 49.7 Å². The second kappa shape index (κ2) is 9.51. The molecule has 8 nitrogen and oxygen atoms in total. The molecule has 34 heavy (non-hydrogen) atoms. The third-order valence-corrected chi connectivity index (χ3v) is 6.32. The first-order chi connectivity index (χ1) is 16.3. The predicted octanol–water partition coefficient (Wildman–Crippen LogP) is 4.53. The van der Waals surface area contributed by atoms with Crippen molar-refractivity contribution in [2.75, 3.05) is 13.7 Å². The van der Waals surface area contributed by atoms with E-state index in [2.05, 4.69) is 5.32 Å². The number of esters is 1. The smallest absolute Gasteiger partial charge is 0.336 e. The van der Waals surface area contributed by atoms with Gasteiger partial charge < -0.3 is 14.8 Å². The zero-order valence-electron chi connectivity index (χ0n) is 19.3. The van der Waals surface area contributed by atoms with Crippen molar-refractivity contribution >= 4 is 17.4 Å². The topological polar surface area (TPSA) is 108 Å². The van der Waals surface area contributed by atoms with Gasteiger partial charge in [-0.25, -0.2) is 4.79 Å². The summed E-state index contributed by atoms with van der Waals surface area (Å²) in [5.41, 5.74) is 3.53. The number of nitrogens with one attached hydrogen (secondary N) is 1. The van der Waals surface area contributed by atoms with Crippen molar-refractivity contribution in [3.05, 3.63) is 92.3 Å². The molecular weight excluding hydrogens is 436 g/mol. The summed E-state index contributed by atoms with van der Waals surface area (Å²) in [6.45, 7) is 3.65. The minimum atomic E-state index is -0.737. The summed E-state index contributed by atoms with van der Waals surface area (Å²) in [6.07, 6.45) is 0.847. The average molecular weight is 463 g/mol. The summed E-state index contributed by atoms with van der Waals surface area (Å²) in [5, 5.41) is 14.7. The summed E-state index contributed by atoms with van der Waals surface area (Å²) >= 11 is 0. The van der Waals surface area contributed by atoms with Crippen LogP contribution in [0.4, 0.5) is 5.69 Å². The molecule has 0 amide bonds. The third-order valence-electron chi connectivity index (χ3n) is 6.32. The fraction of sp³-hybridized carbons (Fsp3) is 0.308. The van der Waals surface area contributed by atoms with Crippen molar-refractivity contribution in [1.82, 2.24) is 5.32 Å². The molecule has 2 aromatic carbocycles. The molecule has 0 spiro atoms. The summed E-state index contributed by atoms with van der Waals surface area (Å²) in [6, 6.07) is 13.7. The highest BCUT2D eigenvalue weighted by atomic mass is 16.6. The van der Waals surface area contributed by atoms with Gasteiger partial charge in [0.05, 0.1) is 24.2 Å². The van der Waals surface area contributed by atoms with Gasteiger partial charge in [0.15, 0.2) is 5.78 Å². The van der Waals surface area contributed by atoms with E-state index in [0.29, 0.717) is 28.8 Å². The highest BCUT2D eigenvalue weighted by Crippen LogP contribution is 2.46. The third kappa shape index (κ3) is 4.31. The van der Waals surface area contributed by atoms with E-state index in [9.17, 15) is 19.7 Å². The van der Waals surface area contributed by atoms with E-state index in [0.717, 1.165) is 17.0 Å². The van der Waals surface area contributed by atoms with Crippen LogP contribution in [-0.4, -0.2) is 30.4 Å². The van der Waals surface area contributed by atoms with Crippen LogP contribution in [-0.2, 0) is 14.3 Å². The van der Waals surface area contributed by atoms with Crippen molar-refractivity contribution in [2.45, 2.75) is 38.5 Å². The minimum absolute atomic E-state index is 0.0349. The average Bonchev–Trinajstić information content (AvgIpc) is 2.83. The van der Waals surface area contributed by atoms with Gasteiger partial charge in [-0.05, 0) is 49.4 Å². The molecule has 2 unspecified atom stereocenters. The molecule has 0 aromatic heterocycles. The Hall–Kier alpha value is -3.94. The van der Waals surface area contributed by atoms with Gasteiger partial charge in [0.1, 0.15) is 5.75 Å². The van der Waals surface area contributed by atoms with Gasteiger partial charge in [-0.3, -0.25) is 14.9 Å². The molecule has 1 aliphatic heterocycles. The lowest BCUT2D eigenvalue weighted by atomic mass is 9.71. The number of ketones is 1. The number of Topliss-reactive ketones (excluding diaryl/α,β-unsaturated/α-hetero) is 1. The van der Waals surface area contributed by atoms with E-state index in [1.165, 1.54) is 12.1 Å². The zero-order chi connectivity index (χ0) is 24.4. The Bertz CT molecular complexity index is 1210. The molecule has 1 heterocycles. The minimum Gasteiger partial charge on any atom is -0.497 e. The van der Waals surface area contributed by atoms with Gasteiger partial charge >= 0.3 is 5.97 Å². The Labute approximate surface area is 197 Å². The lowest BCUT2D eigenvalue weighted by Crippen LogP contribution is -2.36. The standard InChI is InChI=1S/C26H26N2O6/c1-4-34-26(30)23-15(2)27-21-13-18(16-8-10-20(33-3)11-9-16)14-22(29)25(21)24(23)17-6-5-7-19(12-17)28(31)32/h5-12,18,24,27H,4,13-14H2,1-3H3. The van der Waals surface area contributed by atoms with Gasteiger partial charge in [0.2, 0.25) is 0 Å². The summed E-state index contributed by atoms with van der Waals surface area (Å²) in [7, 11) is 1.60. The number of nitrogens with zero attached hydrogens (tertiary/aromatic N) is 1. The molecule has 2 aliphatic rings. The number of benzene rings is 2. The monoisotopic (exact) mass is 462 g/mol. The van der Waals surface area contributed by atoms with E-state index >= 15 is 0 Å². The molecule has 0 bridgehead atoms. The molecule has 0 saturated carbocycles. The number of carbonyl (C=O) groups excluding carboxylic acids is 2. The SMILES string of the molecule is CCOC(=O)C1=C(C)NC2=C(C(=O)CC(c3ccc(OC)cc3)C2)C1c1cccc([N+](=O)[O-])c1. The molecule has 0 fully saturated rings. The van der Waals surface area contributed by atoms with E-state index < -0.39 is 16.8 Å². The Balaban J connectivity index is 1.79. The number of non-ortho nitro benzene ring substituents is 1. The van der Waals surface area contributed by atoms with Crippen molar-refractivity contribution in [3.8, 4) is 5.75 Å². The molecule has 176 valence electrons. The summed E-state index contributed by atoms with van der Waals surface area (Å²) < 4.78 is 10.5. The molecular formula is C26H26N2O6. The number of allylic oxidation sites excluding steroid dienone is 3. The Morgan fingerprint density at radius 3 is 2.53 bits per heavy atom. The van der Waals surface area contributed by atoms with Crippen LogP contribution >= 0.6 is 0 Å².